The largest absolute Gasteiger partial charge is 0.391 e. The summed E-state index contributed by atoms with van der Waals surface area (Å²) in [6.45, 7) is -0.135. The molecule has 0 aliphatic carbocycles. The number of sulfone groups is 1. The lowest BCUT2D eigenvalue weighted by atomic mass is 10.4. The highest BCUT2D eigenvalue weighted by Gasteiger charge is 2.11. The zero-order chi connectivity index (χ0) is 14.0. The summed E-state index contributed by atoms with van der Waals surface area (Å²) in [5, 5.41) is 9.34. The van der Waals surface area contributed by atoms with Gasteiger partial charge in [0, 0.05) is 11.2 Å². The molecule has 0 atom stereocenters. The number of nitrogens with zero attached hydrogens (tertiary/aromatic N) is 1. The molecule has 0 saturated carbocycles. The van der Waals surface area contributed by atoms with Gasteiger partial charge in [-0.15, -0.1) is 11.3 Å². The maximum absolute atomic E-state index is 11.3. The molecule has 1 aromatic heterocycles. The summed E-state index contributed by atoms with van der Waals surface area (Å²) < 4.78 is 23.4. The maximum Gasteiger partial charge on any atom is 0.175 e. The van der Waals surface area contributed by atoms with E-state index in [9.17, 15) is 8.42 Å². The highest BCUT2D eigenvalue weighted by atomic mass is 35.5. The fourth-order valence-electron chi connectivity index (χ4n) is 1.31. The quantitative estimate of drug-likeness (QED) is 0.930. The molecular formula is C11H10ClNO3S3. The molecule has 0 aliphatic heterocycles. The Kier molecular flexibility index (Phi) is 4.52. The van der Waals surface area contributed by atoms with Crippen molar-refractivity contribution < 1.29 is 13.5 Å². The minimum Gasteiger partial charge on any atom is -0.391 e. The minimum atomic E-state index is -3.18. The molecule has 0 amide bonds. The van der Waals surface area contributed by atoms with E-state index in [1.807, 2.05) is 0 Å². The molecule has 4 nitrogen and oxygen atoms in total. The smallest absolute Gasteiger partial charge is 0.175 e. The second-order valence-corrected chi connectivity index (χ2v) is 8.48. The number of benzene rings is 1. The van der Waals surface area contributed by atoms with Gasteiger partial charge in [0.2, 0.25) is 0 Å². The first kappa shape index (κ1) is 14.8. The van der Waals surface area contributed by atoms with Gasteiger partial charge in [-0.25, -0.2) is 13.4 Å². The molecule has 0 aliphatic rings. The Labute approximate surface area is 124 Å². The maximum atomic E-state index is 11.3. The zero-order valence-electron chi connectivity index (χ0n) is 9.83. The van der Waals surface area contributed by atoms with Crippen LogP contribution >= 0.6 is 34.7 Å². The van der Waals surface area contributed by atoms with Gasteiger partial charge >= 0.3 is 0 Å². The summed E-state index contributed by atoms with van der Waals surface area (Å²) >= 11 is 8.53. The molecule has 102 valence electrons. The molecule has 0 radical (unpaired) electrons. The van der Waals surface area contributed by atoms with E-state index in [1.54, 1.807) is 24.3 Å². The predicted octanol–water partition coefficient (Wildman–Crippen LogP) is 2.84. The second-order valence-electron chi connectivity index (χ2n) is 3.70. The highest BCUT2D eigenvalue weighted by molar-refractivity contribution is 8.01. The molecule has 19 heavy (non-hydrogen) atoms. The lowest BCUT2D eigenvalue weighted by Crippen LogP contribution is -1.95. The van der Waals surface area contributed by atoms with Gasteiger partial charge in [-0.3, -0.25) is 0 Å². The Hall–Kier alpha value is -0.600. The van der Waals surface area contributed by atoms with Crippen LogP contribution in [0.1, 0.15) is 4.88 Å². The number of rotatable bonds is 4. The van der Waals surface area contributed by atoms with Crippen molar-refractivity contribution in [1.82, 2.24) is 4.98 Å². The van der Waals surface area contributed by atoms with Gasteiger partial charge in [0.05, 0.1) is 16.4 Å². The lowest BCUT2D eigenvalue weighted by Gasteiger charge is -2.00. The van der Waals surface area contributed by atoms with Gasteiger partial charge < -0.3 is 5.11 Å². The Morgan fingerprint density at radius 2 is 2.00 bits per heavy atom. The van der Waals surface area contributed by atoms with Crippen LogP contribution in [-0.2, 0) is 16.4 Å². The molecule has 1 aromatic carbocycles. The molecule has 0 unspecified atom stereocenters. The summed E-state index contributed by atoms with van der Waals surface area (Å²) in [7, 11) is -3.18. The Bertz CT molecular complexity index is 680. The molecule has 2 aromatic rings. The third kappa shape index (κ3) is 3.70. The summed E-state index contributed by atoms with van der Waals surface area (Å²) in [6.07, 6.45) is 1.17. The zero-order valence-corrected chi connectivity index (χ0v) is 13.0. The summed E-state index contributed by atoms with van der Waals surface area (Å²) in [5.74, 6) is 0. The second kappa shape index (κ2) is 5.80. The van der Waals surface area contributed by atoms with E-state index < -0.39 is 9.84 Å². The van der Waals surface area contributed by atoms with E-state index in [0.29, 0.717) is 14.4 Å². The summed E-state index contributed by atoms with van der Waals surface area (Å²) in [6, 6.07) is 6.55. The molecular weight excluding hydrogens is 326 g/mol. The van der Waals surface area contributed by atoms with Crippen molar-refractivity contribution >= 4 is 44.5 Å². The van der Waals surface area contributed by atoms with Gasteiger partial charge in [-0.2, -0.15) is 0 Å². The van der Waals surface area contributed by atoms with Crippen molar-refractivity contribution in [2.24, 2.45) is 0 Å². The highest BCUT2D eigenvalue weighted by Crippen LogP contribution is 2.35. The van der Waals surface area contributed by atoms with Crippen LogP contribution in [0.5, 0.6) is 0 Å². The molecule has 0 saturated heterocycles. The number of aromatic nitrogens is 1. The average molecular weight is 336 g/mol. The van der Waals surface area contributed by atoms with E-state index in [1.165, 1.54) is 29.4 Å². The Morgan fingerprint density at radius 3 is 2.47 bits per heavy atom. The van der Waals surface area contributed by atoms with E-state index in [-0.39, 0.29) is 11.5 Å². The van der Waals surface area contributed by atoms with Crippen LogP contribution in [0.4, 0.5) is 0 Å². The average Bonchev–Trinajstić information content (AvgIpc) is 2.69. The fraction of sp³-hybridized carbons (Fsp3) is 0.182. The van der Waals surface area contributed by atoms with Gasteiger partial charge in [0.25, 0.3) is 0 Å². The van der Waals surface area contributed by atoms with Crippen molar-refractivity contribution in [2.75, 3.05) is 6.26 Å². The first-order chi connectivity index (χ1) is 8.90. The normalized spacial score (nSPS) is 11.7. The molecule has 1 N–H and O–H groups in total. The van der Waals surface area contributed by atoms with Crippen molar-refractivity contribution in [2.45, 2.75) is 20.7 Å². The monoisotopic (exact) mass is 335 g/mol. The first-order valence-corrected chi connectivity index (χ1v) is 9.04. The summed E-state index contributed by atoms with van der Waals surface area (Å²) in [5.41, 5.74) is 0. The third-order valence-electron chi connectivity index (χ3n) is 2.23. The van der Waals surface area contributed by atoms with Crippen LogP contribution in [0, 0.1) is 0 Å². The molecule has 1 heterocycles. The van der Waals surface area contributed by atoms with Crippen LogP contribution in [0.25, 0.3) is 0 Å². The van der Waals surface area contributed by atoms with E-state index in [0.717, 1.165) is 4.90 Å². The van der Waals surface area contributed by atoms with Crippen LogP contribution in [0.15, 0.2) is 38.4 Å². The van der Waals surface area contributed by atoms with Crippen molar-refractivity contribution in [3.63, 3.8) is 0 Å². The third-order valence-corrected chi connectivity index (χ3v) is 5.89. The van der Waals surface area contributed by atoms with Gasteiger partial charge in [0.15, 0.2) is 14.2 Å². The number of aliphatic hydroxyl groups is 1. The van der Waals surface area contributed by atoms with Crippen LogP contribution < -0.4 is 0 Å². The molecule has 0 bridgehead atoms. The van der Waals surface area contributed by atoms with Gasteiger partial charge in [-0.1, -0.05) is 23.4 Å². The minimum absolute atomic E-state index is 0.135. The number of thiazole rings is 1. The molecule has 0 fully saturated rings. The lowest BCUT2D eigenvalue weighted by molar-refractivity contribution is 0.285. The molecule has 8 heteroatoms. The Balaban J connectivity index is 2.19. The van der Waals surface area contributed by atoms with Gasteiger partial charge in [-0.05, 0) is 24.3 Å². The van der Waals surface area contributed by atoms with Crippen molar-refractivity contribution in [1.29, 1.82) is 0 Å². The van der Waals surface area contributed by atoms with Crippen LogP contribution in [0.3, 0.4) is 0 Å². The van der Waals surface area contributed by atoms with E-state index in [2.05, 4.69) is 4.98 Å². The number of hydrogen-bond donors (Lipinski definition) is 1. The number of aliphatic hydroxyl groups excluding tert-OH is 1. The van der Waals surface area contributed by atoms with E-state index in [4.69, 9.17) is 16.7 Å². The van der Waals surface area contributed by atoms with Crippen LogP contribution in [-0.4, -0.2) is 24.8 Å². The SMILES string of the molecule is CS(=O)(=O)c1ccc(Sc2nc(Cl)c(CO)s2)cc1. The molecule has 2 rings (SSSR count). The number of hydrogen-bond acceptors (Lipinski definition) is 6. The Morgan fingerprint density at radius 1 is 1.37 bits per heavy atom. The van der Waals surface area contributed by atoms with Crippen LogP contribution in [0.2, 0.25) is 5.15 Å². The van der Waals surface area contributed by atoms with Crippen molar-refractivity contribution in [3.05, 3.63) is 34.3 Å². The number of halogens is 1. The molecule has 0 spiro atoms. The fourth-order valence-corrected chi connectivity index (χ4v) is 4.21. The van der Waals surface area contributed by atoms with Crippen molar-refractivity contribution in [3.8, 4) is 0 Å². The summed E-state index contributed by atoms with van der Waals surface area (Å²) in [4.78, 5) is 5.88. The standard InChI is InChI=1S/C11H10ClNO3S3/c1-19(15,16)8-4-2-7(3-5-8)17-11-13-10(12)9(6-14)18-11/h2-5,14H,6H2,1H3. The first-order valence-electron chi connectivity index (χ1n) is 5.14. The topological polar surface area (TPSA) is 67.3 Å². The predicted molar refractivity (Wildman–Crippen MR) is 76.7 cm³/mol. The van der Waals surface area contributed by atoms with Gasteiger partial charge in [0.1, 0.15) is 5.15 Å². The van der Waals surface area contributed by atoms with E-state index >= 15 is 0 Å².